The van der Waals surface area contributed by atoms with E-state index in [-0.39, 0.29) is 17.3 Å². The molecule has 0 bridgehead atoms. The molecule has 1 aromatic rings. The molecule has 24 heavy (non-hydrogen) atoms. The van der Waals surface area contributed by atoms with Crippen molar-refractivity contribution in [1.29, 1.82) is 0 Å². The molecule has 1 amide bonds. The quantitative estimate of drug-likeness (QED) is 0.796. The molecular formula is C17H27N3O3S. The van der Waals surface area contributed by atoms with Crippen LogP contribution in [0.2, 0.25) is 0 Å². The third-order valence-electron chi connectivity index (χ3n) is 4.22. The number of nitrogens with zero attached hydrogens (tertiary/aromatic N) is 2. The van der Waals surface area contributed by atoms with Crippen molar-refractivity contribution in [3.8, 4) is 0 Å². The maximum absolute atomic E-state index is 12.9. The topological polar surface area (TPSA) is 69.7 Å². The zero-order valence-electron chi connectivity index (χ0n) is 14.5. The zero-order chi connectivity index (χ0) is 17.6. The monoisotopic (exact) mass is 353 g/mol. The molecule has 0 spiro atoms. The molecule has 1 fully saturated rings. The molecule has 0 aromatic heterocycles. The first-order chi connectivity index (χ1) is 11.5. The summed E-state index contributed by atoms with van der Waals surface area (Å²) >= 11 is 0. The van der Waals surface area contributed by atoms with Gasteiger partial charge in [-0.1, -0.05) is 26.0 Å². The van der Waals surface area contributed by atoms with Gasteiger partial charge in [0, 0.05) is 32.7 Å². The standard InChI is InChI=1S/C17H27N3O3S/c1-3-11-20(14-17(21)19-12-9-18-10-13-19)24(22,23)16-7-5-15(4-2)6-8-16/h5-8,18H,3-4,9-14H2,1-2H3. The van der Waals surface area contributed by atoms with E-state index < -0.39 is 10.0 Å². The molecule has 1 saturated heterocycles. The van der Waals surface area contributed by atoms with Crippen molar-refractivity contribution in [2.75, 3.05) is 39.3 Å². The van der Waals surface area contributed by atoms with Crippen LogP contribution < -0.4 is 5.32 Å². The van der Waals surface area contributed by atoms with Crippen LogP contribution in [0.5, 0.6) is 0 Å². The van der Waals surface area contributed by atoms with E-state index in [0.717, 1.165) is 25.1 Å². The van der Waals surface area contributed by atoms with E-state index in [0.29, 0.717) is 26.1 Å². The summed E-state index contributed by atoms with van der Waals surface area (Å²) in [6.45, 7) is 6.96. The summed E-state index contributed by atoms with van der Waals surface area (Å²) in [6, 6.07) is 6.92. The molecule has 0 radical (unpaired) electrons. The van der Waals surface area contributed by atoms with Gasteiger partial charge in [-0.15, -0.1) is 0 Å². The lowest BCUT2D eigenvalue weighted by Gasteiger charge is -2.30. The average molecular weight is 353 g/mol. The molecular weight excluding hydrogens is 326 g/mol. The Morgan fingerprint density at radius 3 is 2.33 bits per heavy atom. The molecule has 7 heteroatoms. The lowest BCUT2D eigenvalue weighted by Crippen LogP contribution is -2.50. The zero-order valence-corrected chi connectivity index (χ0v) is 15.3. The average Bonchev–Trinajstić information content (AvgIpc) is 2.62. The van der Waals surface area contributed by atoms with Crippen LogP contribution in [0.1, 0.15) is 25.8 Å². The minimum Gasteiger partial charge on any atom is -0.339 e. The van der Waals surface area contributed by atoms with Crippen molar-refractivity contribution in [2.45, 2.75) is 31.6 Å². The van der Waals surface area contributed by atoms with Crippen molar-refractivity contribution in [3.63, 3.8) is 0 Å². The smallest absolute Gasteiger partial charge is 0.243 e. The highest BCUT2D eigenvalue weighted by atomic mass is 32.2. The number of aryl methyl sites for hydroxylation is 1. The number of carbonyl (C=O) groups is 1. The first-order valence-corrected chi connectivity index (χ1v) is 10.0. The number of nitrogens with one attached hydrogen (secondary N) is 1. The number of sulfonamides is 1. The van der Waals surface area contributed by atoms with E-state index in [4.69, 9.17) is 0 Å². The molecule has 134 valence electrons. The van der Waals surface area contributed by atoms with Gasteiger partial charge in [-0.25, -0.2) is 8.42 Å². The van der Waals surface area contributed by atoms with Crippen molar-refractivity contribution in [2.24, 2.45) is 0 Å². The number of hydrogen-bond acceptors (Lipinski definition) is 4. The summed E-state index contributed by atoms with van der Waals surface area (Å²) in [5, 5.41) is 3.19. The van der Waals surface area contributed by atoms with Gasteiger partial charge in [-0.05, 0) is 30.5 Å². The highest BCUT2D eigenvalue weighted by Gasteiger charge is 2.28. The van der Waals surface area contributed by atoms with Gasteiger partial charge in [0.05, 0.1) is 11.4 Å². The largest absolute Gasteiger partial charge is 0.339 e. The molecule has 0 saturated carbocycles. The summed E-state index contributed by atoms with van der Waals surface area (Å²) in [4.78, 5) is 14.4. The Kier molecular flexibility index (Phi) is 6.77. The van der Waals surface area contributed by atoms with Crippen LogP contribution in [0.4, 0.5) is 0 Å². The lowest BCUT2D eigenvalue weighted by molar-refractivity contribution is -0.131. The molecule has 6 nitrogen and oxygen atoms in total. The predicted molar refractivity (Wildman–Crippen MR) is 94.3 cm³/mol. The molecule has 0 atom stereocenters. The van der Waals surface area contributed by atoms with Crippen LogP contribution >= 0.6 is 0 Å². The molecule has 1 aliphatic rings. The van der Waals surface area contributed by atoms with E-state index in [1.165, 1.54) is 4.31 Å². The first kappa shape index (κ1) is 18.9. The van der Waals surface area contributed by atoms with Gasteiger partial charge in [-0.3, -0.25) is 4.79 Å². The fraction of sp³-hybridized carbons (Fsp3) is 0.588. The Balaban J connectivity index is 2.15. The normalized spacial score (nSPS) is 15.7. The van der Waals surface area contributed by atoms with Gasteiger partial charge in [0.15, 0.2) is 0 Å². The second kappa shape index (κ2) is 8.60. The third-order valence-corrected chi connectivity index (χ3v) is 6.08. The van der Waals surface area contributed by atoms with Gasteiger partial charge in [0.25, 0.3) is 0 Å². The van der Waals surface area contributed by atoms with Crippen molar-refractivity contribution >= 4 is 15.9 Å². The number of benzene rings is 1. The number of hydrogen-bond donors (Lipinski definition) is 1. The molecule has 1 N–H and O–H groups in total. The van der Waals surface area contributed by atoms with E-state index in [9.17, 15) is 13.2 Å². The Labute approximate surface area is 144 Å². The van der Waals surface area contributed by atoms with Gasteiger partial charge in [0.2, 0.25) is 15.9 Å². The number of carbonyl (C=O) groups excluding carboxylic acids is 1. The Morgan fingerprint density at radius 2 is 1.79 bits per heavy atom. The molecule has 1 heterocycles. The second-order valence-electron chi connectivity index (χ2n) is 5.97. The lowest BCUT2D eigenvalue weighted by atomic mass is 10.2. The minimum absolute atomic E-state index is 0.0916. The summed E-state index contributed by atoms with van der Waals surface area (Å²) in [6.07, 6.45) is 1.53. The highest BCUT2D eigenvalue weighted by molar-refractivity contribution is 7.89. The van der Waals surface area contributed by atoms with Crippen LogP contribution in [0.25, 0.3) is 0 Å². The summed E-state index contributed by atoms with van der Waals surface area (Å²) in [5.74, 6) is -0.126. The van der Waals surface area contributed by atoms with Crippen LogP contribution in [0, 0.1) is 0 Å². The fourth-order valence-corrected chi connectivity index (χ4v) is 4.23. The first-order valence-electron chi connectivity index (χ1n) is 8.56. The van der Waals surface area contributed by atoms with Crippen LogP contribution in [0.3, 0.4) is 0 Å². The molecule has 2 rings (SSSR count). The van der Waals surface area contributed by atoms with Crippen molar-refractivity contribution in [1.82, 2.24) is 14.5 Å². The third kappa shape index (κ3) is 4.55. The number of amides is 1. The Hall–Kier alpha value is -1.44. The number of piperazine rings is 1. The summed E-state index contributed by atoms with van der Waals surface area (Å²) in [5.41, 5.74) is 1.09. The predicted octanol–water partition coefficient (Wildman–Crippen LogP) is 1.08. The van der Waals surface area contributed by atoms with Crippen molar-refractivity contribution in [3.05, 3.63) is 29.8 Å². The van der Waals surface area contributed by atoms with E-state index in [1.807, 2.05) is 26.0 Å². The Morgan fingerprint density at radius 1 is 1.17 bits per heavy atom. The highest BCUT2D eigenvalue weighted by Crippen LogP contribution is 2.17. The summed E-state index contributed by atoms with van der Waals surface area (Å²) < 4.78 is 27.1. The Bertz CT molecular complexity index is 638. The maximum atomic E-state index is 12.9. The molecule has 1 aliphatic heterocycles. The maximum Gasteiger partial charge on any atom is 0.243 e. The van der Waals surface area contributed by atoms with Crippen LogP contribution in [-0.4, -0.2) is 62.8 Å². The molecule has 0 unspecified atom stereocenters. The molecule has 0 aliphatic carbocycles. The van der Waals surface area contributed by atoms with Crippen molar-refractivity contribution < 1.29 is 13.2 Å². The van der Waals surface area contributed by atoms with Crippen LogP contribution in [0.15, 0.2) is 29.2 Å². The van der Waals surface area contributed by atoms with Gasteiger partial charge >= 0.3 is 0 Å². The van der Waals surface area contributed by atoms with Crippen LogP contribution in [-0.2, 0) is 21.2 Å². The second-order valence-corrected chi connectivity index (χ2v) is 7.90. The van der Waals surface area contributed by atoms with Gasteiger partial charge < -0.3 is 10.2 Å². The number of rotatable bonds is 7. The molecule has 1 aromatic carbocycles. The fourth-order valence-electron chi connectivity index (χ4n) is 2.74. The SMILES string of the molecule is CCCN(CC(=O)N1CCNCC1)S(=O)(=O)c1ccc(CC)cc1. The van der Waals surface area contributed by atoms with E-state index >= 15 is 0 Å². The van der Waals surface area contributed by atoms with Gasteiger partial charge in [0.1, 0.15) is 0 Å². The minimum atomic E-state index is -3.65. The van der Waals surface area contributed by atoms with E-state index in [2.05, 4.69) is 5.32 Å². The summed E-state index contributed by atoms with van der Waals surface area (Å²) in [7, 11) is -3.65. The van der Waals surface area contributed by atoms with E-state index in [1.54, 1.807) is 17.0 Å². The van der Waals surface area contributed by atoms with Gasteiger partial charge in [-0.2, -0.15) is 4.31 Å².